The molecule has 9 heteroatoms. The van der Waals surface area contributed by atoms with Crippen LogP contribution < -0.4 is 10.0 Å². The topological polar surface area (TPSA) is 71.1 Å². The molecule has 0 saturated carbocycles. The number of rotatable bonds is 6. The Morgan fingerprint density at radius 2 is 2.20 bits per heavy atom. The Morgan fingerprint density at radius 3 is 2.80 bits per heavy atom. The van der Waals surface area contributed by atoms with Crippen LogP contribution in [0.4, 0.5) is 5.13 Å². The van der Waals surface area contributed by atoms with Crippen molar-refractivity contribution >= 4 is 53.8 Å². The van der Waals surface area contributed by atoms with Gasteiger partial charge in [0.15, 0.2) is 5.13 Å². The van der Waals surface area contributed by atoms with Crippen molar-refractivity contribution in [2.75, 3.05) is 11.3 Å². The minimum Gasteiger partial charge on any atom is -0.309 e. The van der Waals surface area contributed by atoms with E-state index in [2.05, 4.69) is 31.0 Å². The Kier molecular flexibility index (Phi) is 5.19. The van der Waals surface area contributed by atoms with Gasteiger partial charge in [0.05, 0.1) is 9.48 Å². The van der Waals surface area contributed by atoms with Gasteiger partial charge in [-0.3, -0.25) is 4.72 Å². The van der Waals surface area contributed by atoms with Gasteiger partial charge < -0.3 is 5.32 Å². The summed E-state index contributed by atoms with van der Waals surface area (Å²) in [6.07, 6.45) is 0. The van der Waals surface area contributed by atoms with Crippen molar-refractivity contribution in [1.82, 2.24) is 10.3 Å². The molecule has 1 unspecified atom stereocenters. The Labute approximate surface area is 134 Å². The predicted octanol–water partition coefficient (Wildman–Crippen LogP) is 3.44. The largest absolute Gasteiger partial charge is 0.309 e. The fourth-order valence-corrected chi connectivity index (χ4v) is 5.62. The lowest BCUT2D eigenvalue weighted by Gasteiger charge is -2.08. The van der Waals surface area contributed by atoms with Gasteiger partial charge in [0, 0.05) is 11.4 Å². The van der Waals surface area contributed by atoms with E-state index in [0.29, 0.717) is 5.13 Å². The van der Waals surface area contributed by atoms with Crippen molar-refractivity contribution in [3.05, 3.63) is 27.0 Å². The molecule has 0 saturated heterocycles. The van der Waals surface area contributed by atoms with Gasteiger partial charge in [0.25, 0.3) is 10.0 Å². The minimum atomic E-state index is -3.55. The third-order valence-corrected chi connectivity index (χ3v) is 6.87. The number of thiazole rings is 1. The number of thiophene rings is 1. The molecule has 0 aromatic carbocycles. The van der Waals surface area contributed by atoms with E-state index in [1.165, 1.54) is 22.7 Å². The number of nitrogens with one attached hydrogen (secondary N) is 2. The zero-order valence-corrected chi connectivity index (χ0v) is 14.9. The van der Waals surface area contributed by atoms with Gasteiger partial charge in [-0.1, -0.05) is 6.92 Å². The highest BCUT2D eigenvalue weighted by atomic mass is 79.9. The van der Waals surface area contributed by atoms with Crippen molar-refractivity contribution in [2.24, 2.45) is 0 Å². The van der Waals surface area contributed by atoms with Crippen molar-refractivity contribution in [3.63, 3.8) is 0 Å². The molecule has 0 amide bonds. The van der Waals surface area contributed by atoms with Gasteiger partial charge in [0.1, 0.15) is 4.21 Å². The number of hydrogen-bond acceptors (Lipinski definition) is 6. The first-order chi connectivity index (χ1) is 9.42. The molecule has 2 aromatic rings. The van der Waals surface area contributed by atoms with E-state index in [1.807, 2.05) is 19.2 Å². The summed E-state index contributed by atoms with van der Waals surface area (Å²) in [6, 6.07) is 3.37. The molecule has 20 heavy (non-hydrogen) atoms. The van der Waals surface area contributed by atoms with E-state index >= 15 is 0 Å². The summed E-state index contributed by atoms with van der Waals surface area (Å²) in [5.41, 5.74) is 0.835. The van der Waals surface area contributed by atoms with Crippen LogP contribution in [0.3, 0.4) is 0 Å². The first-order valence-electron chi connectivity index (χ1n) is 5.89. The number of sulfonamides is 1. The Hall–Kier alpha value is -0.480. The van der Waals surface area contributed by atoms with E-state index in [1.54, 1.807) is 12.1 Å². The van der Waals surface area contributed by atoms with Crippen LogP contribution in [0, 0.1) is 0 Å². The second-order valence-electron chi connectivity index (χ2n) is 4.02. The van der Waals surface area contributed by atoms with Crippen LogP contribution in [0.2, 0.25) is 0 Å². The molecule has 0 fully saturated rings. The normalized spacial score (nSPS) is 13.3. The summed E-state index contributed by atoms with van der Waals surface area (Å²) in [5.74, 6) is 0. The second-order valence-corrected chi connectivity index (χ2v) is 9.25. The smallest absolute Gasteiger partial charge is 0.273 e. The summed E-state index contributed by atoms with van der Waals surface area (Å²) < 4.78 is 27.8. The standard InChI is InChI=1S/C11H14BrN3O2S3/c1-3-13-7(2)8-6-18-11(14-8)15-20(16,17)10-5-4-9(12)19-10/h4-7,13H,3H2,1-2H3,(H,14,15). The first-order valence-corrected chi connectivity index (χ1v) is 9.86. The molecule has 5 nitrogen and oxygen atoms in total. The highest BCUT2D eigenvalue weighted by molar-refractivity contribution is 9.11. The maximum Gasteiger partial charge on any atom is 0.273 e. The van der Waals surface area contributed by atoms with E-state index in [0.717, 1.165) is 16.0 Å². The lowest BCUT2D eigenvalue weighted by molar-refractivity contribution is 0.586. The molecular weight excluding hydrogens is 382 g/mol. The summed E-state index contributed by atoms with van der Waals surface area (Å²) in [5, 5.41) is 5.48. The number of nitrogens with zero attached hydrogens (tertiary/aromatic N) is 1. The molecule has 0 radical (unpaired) electrons. The Morgan fingerprint density at radius 1 is 1.45 bits per heavy atom. The van der Waals surface area contributed by atoms with Gasteiger partial charge in [-0.05, 0) is 41.5 Å². The average Bonchev–Trinajstić information content (AvgIpc) is 2.98. The van der Waals surface area contributed by atoms with Crippen LogP contribution in [-0.4, -0.2) is 19.9 Å². The molecule has 110 valence electrons. The van der Waals surface area contributed by atoms with Crippen molar-refractivity contribution in [1.29, 1.82) is 0 Å². The average molecular weight is 396 g/mol. The van der Waals surface area contributed by atoms with Gasteiger partial charge in [-0.15, -0.1) is 22.7 Å². The summed E-state index contributed by atoms with van der Waals surface area (Å²) in [6.45, 7) is 4.84. The number of halogens is 1. The van der Waals surface area contributed by atoms with Crippen molar-refractivity contribution in [3.8, 4) is 0 Å². The highest BCUT2D eigenvalue weighted by Crippen LogP contribution is 2.29. The predicted molar refractivity (Wildman–Crippen MR) is 87.0 cm³/mol. The number of anilines is 1. The molecule has 0 aliphatic rings. The van der Waals surface area contributed by atoms with Crippen molar-refractivity contribution < 1.29 is 8.42 Å². The molecule has 0 bridgehead atoms. The summed E-state index contributed by atoms with van der Waals surface area (Å²) in [7, 11) is -3.55. The van der Waals surface area contributed by atoms with E-state index in [4.69, 9.17) is 0 Å². The molecule has 0 spiro atoms. The second kappa shape index (κ2) is 6.52. The molecule has 2 rings (SSSR count). The zero-order chi connectivity index (χ0) is 14.8. The van der Waals surface area contributed by atoms with Crippen molar-refractivity contribution in [2.45, 2.75) is 24.1 Å². The fourth-order valence-electron chi connectivity index (χ4n) is 1.55. The Balaban J connectivity index is 2.14. The first kappa shape index (κ1) is 15.9. The monoisotopic (exact) mass is 395 g/mol. The third-order valence-electron chi connectivity index (χ3n) is 2.51. The lowest BCUT2D eigenvalue weighted by atomic mass is 10.3. The molecule has 2 N–H and O–H groups in total. The SMILES string of the molecule is CCNC(C)c1csc(NS(=O)(=O)c2ccc(Br)s2)n1. The maximum atomic E-state index is 12.1. The van der Waals surface area contributed by atoms with Crippen LogP contribution in [0.15, 0.2) is 25.5 Å². The molecular formula is C11H14BrN3O2S3. The molecule has 0 aliphatic carbocycles. The minimum absolute atomic E-state index is 0.102. The molecule has 0 aliphatic heterocycles. The van der Waals surface area contributed by atoms with E-state index < -0.39 is 10.0 Å². The molecule has 1 atom stereocenters. The van der Waals surface area contributed by atoms with Crippen LogP contribution in [0.5, 0.6) is 0 Å². The summed E-state index contributed by atoms with van der Waals surface area (Å²) in [4.78, 5) is 4.30. The third kappa shape index (κ3) is 3.79. The fraction of sp³-hybridized carbons (Fsp3) is 0.364. The van der Waals surface area contributed by atoms with Gasteiger partial charge in [-0.25, -0.2) is 13.4 Å². The van der Waals surface area contributed by atoms with Gasteiger partial charge in [-0.2, -0.15) is 0 Å². The summed E-state index contributed by atoms with van der Waals surface area (Å²) >= 11 is 5.70. The zero-order valence-electron chi connectivity index (χ0n) is 10.9. The van der Waals surface area contributed by atoms with E-state index in [-0.39, 0.29) is 10.3 Å². The Bertz CT molecular complexity index is 681. The maximum absolute atomic E-state index is 12.1. The van der Waals surface area contributed by atoms with Crippen LogP contribution in [-0.2, 0) is 10.0 Å². The molecule has 2 heterocycles. The van der Waals surface area contributed by atoms with Gasteiger partial charge >= 0.3 is 0 Å². The lowest BCUT2D eigenvalue weighted by Crippen LogP contribution is -2.18. The van der Waals surface area contributed by atoms with Crippen LogP contribution in [0.25, 0.3) is 0 Å². The van der Waals surface area contributed by atoms with Gasteiger partial charge in [0.2, 0.25) is 0 Å². The number of hydrogen-bond donors (Lipinski definition) is 2. The highest BCUT2D eigenvalue weighted by Gasteiger charge is 2.19. The van der Waals surface area contributed by atoms with Crippen LogP contribution in [0.1, 0.15) is 25.6 Å². The quantitative estimate of drug-likeness (QED) is 0.785. The van der Waals surface area contributed by atoms with Crippen LogP contribution >= 0.6 is 38.6 Å². The van der Waals surface area contributed by atoms with E-state index in [9.17, 15) is 8.42 Å². The molecule has 2 aromatic heterocycles. The number of aromatic nitrogens is 1.